The van der Waals surface area contributed by atoms with E-state index in [1.54, 1.807) is 36.4 Å². The number of likely N-dealkylation sites (N-methyl/N-ethyl adjacent to an activating group) is 1. The molecule has 2 aromatic rings. The van der Waals surface area contributed by atoms with Gasteiger partial charge in [0.25, 0.3) is 0 Å². The van der Waals surface area contributed by atoms with Crippen molar-refractivity contribution in [3.05, 3.63) is 64.1 Å². The molecule has 0 spiro atoms. The molecule has 0 saturated carbocycles. The fourth-order valence-corrected chi connectivity index (χ4v) is 4.78. The van der Waals surface area contributed by atoms with E-state index < -0.39 is 16.1 Å². The molecule has 2 aromatic carbocycles. The Kier molecular flexibility index (Phi) is 10.0. The van der Waals surface area contributed by atoms with Gasteiger partial charge < -0.3 is 10.2 Å². The molecule has 7 nitrogen and oxygen atoms in total. The standard InChI is InChI=1S/C23H29Cl2N3O4S/c1-4-21(23(30)26-2)27(16-17-10-12-18(24)13-11-17)22(29)9-6-14-28(33(3,31)32)20-8-5-7-19(25)15-20/h5,7-8,10-13,15,21H,4,6,9,14,16H2,1-3H3,(H,26,30). The summed E-state index contributed by atoms with van der Waals surface area (Å²) >= 11 is 12.0. The number of anilines is 1. The van der Waals surface area contributed by atoms with Crippen LogP contribution in [0.1, 0.15) is 31.7 Å². The van der Waals surface area contributed by atoms with E-state index in [0.717, 1.165) is 11.8 Å². The first kappa shape index (κ1) is 27.0. The predicted octanol–water partition coefficient (Wildman–Crippen LogP) is 4.09. The van der Waals surface area contributed by atoms with E-state index in [0.29, 0.717) is 22.2 Å². The molecule has 1 atom stereocenters. The van der Waals surface area contributed by atoms with Crippen molar-refractivity contribution in [2.45, 2.75) is 38.8 Å². The third kappa shape index (κ3) is 7.91. The lowest BCUT2D eigenvalue weighted by atomic mass is 10.1. The lowest BCUT2D eigenvalue weighted by Crippen LogP contribution is -2.48. The number of nitrogens with zero attached hydrogens (tertiary/aromatic N) is 2. The SMILES string of the molecule is CCC(C(=O)NC)N(Cc1ccc(Cl)cc1)C(=O)CCCN(c1cccc(Cl)c1)S(C)(=O)=O. The molecule has 0 radical (unpaired) electrons. The largest absolute Gasteiger partial charge is 0.357 e. The Balaban J connectivity index is 2.18. The first-order chi connectivity index (χ1) is 15.6. The molecule has 0 aliphatic carbocycles. The predicted molar refractivity (Wildman–Crippen MR) is 133 cm³/mol. The summed E-state index contributed by atoms with van der Waals surface area (Å²) in [4.78, 5) is 27.2. The van der Waals surface area contributed by atoms with Gasteiger partial charge in [-0.15, -0.1) is 0 Å². The van der Waals surface area contributed by atoms with Crippen LogP contribution in [0, 0.1) is 0 Å². The molecule has 10 heteroatoms. The number of carbonyl (C=O) groups excluding carboxylic acids is 2. The topological polar surface area (TPSA) is 86.8 Å². The van der Waals surface area contributed by atoms with Crippen LogP contribution in [0.25, 0.3) is 0 Å². The van der Waals surface area contributed by atoms with Crippen molar-refractivity contribution in [1.82, 2.24) is 10.2 Å². The maximum Gasteiger partial charge on any atom is 0.242 e. The van der Waals surface area contributed by atoms with Crippen LogP contribution in [-0.4, -0.2) is 51.0 Å². The van der Waals surface area contributed by atoms with Crippen molar-refractivity contribution in [1.29, 1.82) is 0 Å². The van der Waals surface area contributed by atoms with E-state index >= 15 is 0 Å². The Labute approximate surface area is 205 Å². The lowest BCUT2D eigenvalue weighted by Gasteiger charge is -2.30. The molecule has 0 aromatic heterocycles. The zero-order valence-electron chi connectivity index (χ0n) is 18.9. The van der Waals surface area contributed by atoms with Gasteiger partial charge in [-0.05, 0) is 48.7 Å². The highest BCUT2D eigenvalue weighted by atomic mass is 35.5. The zero-order chi connectivity index (χ0) is 24.6. The number of hydrogen-bond donors (Lipinski definition) is 1. The summed E-state index contributed by atoms with van der Waals surface area (Å²) in [7, 11) is -2.04. The average Bonchev–Trinajstić information content (AvgIpc) is 2.76. The fraction of sp³-hybridized carbons (Fsp3) is 0.391. The monoisotopic (exact) mass is 513 g/mol. The maximum atomic E-state index is 13.2. The Bertz CT molecular complexity index is 1060. The van der Waals surface area contributed by atoms with Crippen molar-refractivity contribution in [2.75, 3.05) is 24.2 Å². The molecule has 1 unspecified atom stereocenters. The van der Waals surface area contributed by atoms with Gasteiger partial charge in [-0.2, -0.15) is 0 Å². The van der Waals surface area contributed by atoms with E-state index in [1.807, 2.05) is 19.1 Å². The third-order valence-electron chi connectivity index (χ3n) is 5.15. The molecule has 180 valence electrons. The summed E-state index contributed by atoms with van der Waals surface area (Å²) in [6.45, 7) is 2.19. The average molecular weight is 514 g/mol. The summed E-state index contributed by atoms with van der Waals surface area (Å²) in [5.74, 6) is -0.489. The summed E-state index contributed by atoms with van der Waals surface area (Å²) < 4.78 is 25.9. The van der Waals surface area contributed by atoms with Gasteiger partial charge in [0.1, 0.15) is 6.04 Å². The summed E-state index contributed by atoms with van der Waals surface area (Å²) in [6.07, 6.45) is 1.91. The van der Waals surface area contributed by atoms with Gasteiger partial charge in [0.05, 0.1) is 11.9 Å². The minimum absolute atomic E-state index is 0.0771. The minimum Gasteiger partial charge on any atom is -0.357 e. The van der Waals surface area contributed by atoms with Gasteiger partial charge in [-0.3, -0.25) is 13.9 Å². The van der Waals surface area contributed by atoms with Gasteiger partial charge >= 0.3 is 0 Å². The van der Waals surface area contributed by atoms with Crippen molar-refractivity contribution in [2.24, 2.45) is 0 Å². The molecule has 0 fully saturated rings. The highest BCUT2D eigenvalue weighted by molar-refractivity contribution is 7.92. The molecular weight excluding hydrogens is 485 g/mol. The van der Waals surface area contributed by atoms with Crippen molar-refractivity contribution < 1.29 is 18.0 Å². The van der Waals surface area contributed by atoms with Crippen molar-refractivity contribution >= 4 is 50.7 Å². The van der Waals surface area contributed by atoms with Crippen LogP contribution in [-0.2, 0) is 26.2 Å². The van der Waals surface area contributed by atoms with Crippen molar-refractivity contribution in [3.8, 4) is 0 Å². The molecule has 0 heterocycles. The number of carbonyl (C=O) groups is 2. The highest BCUT2D eigenvalue weighted by Gasteiger charge is 2.28. The van der Waals surface area contributed by atoms with E-state index in [4.69, 9.17) is 23.2 Å². The maximum absolute atomic E-state index is 13.2. The lowest BCUT2D eigenvalue weighted by molar-refractivity contribution is -0.141. The Morgan fingerprint density at radius 3 is 2.27 bits per heavy atom. The third-order valence-corrected chi connectivity index (χ3v) is 6.83. The first-order valence-electron chi connectivity index (χ1n) is 10.6. The summed E-state index contributed by atoms with van der Waals surface area (Å²) in [5, 5.41) is 3.61. The number of benzene rings is 2. The van der Waals surface area contributed by atoms with E-state index in [9.17, 15) is 18.0 Å². The smallest absolute Gasteiger partial charge is 0.242 e. The normalized spacial score (nSPS) is 12.2. The second kappa shape index (κ2) is 12.3. The van der Waals surface area contributed by atoms with Crippen LogP contribution >= 0.6 is 23.2 Å². The number of nitrogens with one attached hydrogen (secondary N) is 1. The molecule has 2 amide bonds. The molecule has 2 rings (SSSR count). The number of rotatable bonds is 11. The van der Waals surface area contributed by atoms with Gasteiger partial charge in [0.15, 0.2) is 0 Å². The molecular formula is C23H29Cl2N3O4S. The van der Waals surface area contributed by atoms with Crippen LogP contribution in [0.4, 0.5) is 5.69 Å². The molecule has 33 heavy (non-hydrogen) atoms. The summed E-state index contributed by atoms with van der Waals surface area (Å²) in [6, 6.07) is 13.0. The number of amides is 2. The Morgan fingerprint density at radius 1 is 1.06 bits per heavy atom. The van der Waals surface area contributed by atoms with E-state index in [2.05, 4.69) is 5.32 Å². The molecule has 0 aliphatic rings. The van der Waals surface area contributed by atoms with Gasteiger partial charge in [0.2, 0.25) is 21.8 Å². The zero-order valence-corrected chi connectivity index (χ0v) is 21.3. The fourth-order valence-electron chi connectivity index (χ4n) is 3.51. The van der Waals surface area contributed by atoms with Gasteiger partial charge in [-0.25, -0.2) is 8.42 Å². The quantitative estimate of drug-likeness (QED) is 0.490. The highest BCUT2D eigenvalue weighted by Crippen LogP contribution is 2.23. The number of halogens is 2. The first-order valence-corrected chi connectivity index (χ1v) is 13.2. The minimum atomic E-state index is -3.57. The second-order valence-corrected chi connectivity index (χ2v) is 10.4. The van der Waals surface area contributed by atoms with Crippen LogP contribution in [0.2, 0.25) is 10.0 Å². The molecule has 0 aliphatic heterocycles. The van der Waals surface area contributed by atoms with Gasteiger partial charge in [0, 0.05) is 36.6 Å². The van der Waals surface area contributed by atoms with Crippen molar-refractivity contribution in [3.63, 3.8) is 0 Å². The van der Waals surface area contributed by atoms with Crippen LogP contribution in [0.3, 0.4) is 0 Å². The number of hydrogen-bond acceptors (Lipinski definition) is 4. The van der Waals surface area contributed by atoms with Crippen LogP contribution < -0.4 is 9.62 Å². The Morgan fingerprint density at radius 2 is 1.73 bits per heavy atom. The second-order valence-electron chi connectivity index (χ2n) is 7.60. The van der Waals surface area contributed by atoms with Crippen LogP contribution in [0.15, 0.2) is 48.5 Å². The van der Waals surface area contributed by atoms with Crippen LogP contribution in [0.5, 0.6) is 0 Å². The molecule has 0 saturated heterocycles. The van der Waals surface area contributed by atoms with Gasteiger partial charge in [-0.1, -0.05) is 48.3 Å². The molecule has 1 N–H and O–H groups in total. The summed E-state index contributed by atoms with van der Waals surface area (Å²) in [5.41, 5.74) is 1.28. The molecule has 0 bridgehead atoms. The number of sulfonamides is 1. The van der Waals surface area contributed by atoms with E-state index in [1.165, 1.54) is 16.3 Å². The van der Waals surface area contributed by atoms with E-state index in [-0.39, 0.29) is 37.7 Å². The Hall–Kier alpha value is -2.29.